The fraction of sp³-hybridized carbons (Fsp3) is 0.429. The first-order valence-electron chi connectivity index (χ1n) is 5.70. The molecule has 1 N–H and O–H groups in total. The van der Waals surface area contributed by atoms with E-state index < -0.39 is 0 Å². The van der Waals surface area contributed by atoms with Crippen molar-refractivity contribution in [2.24, 2.45) is 0 Å². The highest BCUT2D eigenvalue weighted by molar-refractivity contribution is 5.66. The lowest BCUT2D eigenvalue weighted by Crippen LogP contribution is -1.98. The molecule has 0 spiro atoms. The van der Waals surface area contributed by atoms with Crippen molar-refractivity contribution < 1.29 is 0 Å². The van der Waals surface area contributed by atoms with Crippen LogP contribution in [0, 0.1) is 0 Å². The normalized spacial score (nSPS) is 10.4. The predicted octanol–water partition coefficient (Wildman–Crippen LogP) is 4.27. The van der Waals surface area contributed by atoms with E-state index in [-0.39, 0.29) is 0 Å². The summed E-state index contributed by atoms with van der Waals surface area (Å²) in [6, 6.07) is 6.61. The van der Waals surface area contributed by atoms with Gasteiger partial charge in [-0.2, -0.15) is 0 Å². The first kappa shape index (κ1) is 11.8. The third-order valence-electron chi connectivity index (χ3n) is 3.02. The van der Waals surface area contributed by atoms with Gasteiger partial charge in [-0.15, -0.1) is 0 Å². The summed E-state index contributed by atoms with van der Waals surface area (Å²) >= 11 is 0. The van der Waals surface area contributed by atoms with Gasteiger partial charge in [0.1, 0.15) is 0 Å². The van der Waals surface area contributed by atoms with Gasteiger partial charge in [0.05, 0.1) is 0 Å². The summed E-state index contributed by atoms with van der Waals surface area (Å²) in [5.74, 6) is 0.677. The van der Waals surface area contributed by atoms with E-state index in [2.05, 4.69) is 43.9 Å². The van der Waals surface area contributed by atoms with Crippen LogP contribution in [0.5, 0.6) is 0 Å². The van der Waals surface area contributed by atoms with Crippen molar-refractivity contribution in [3.05, 3.63) is 35.9 Å². The molecule has 82 valence electrons. The Balaban J connectivity index is 3.06. The van der Waals surface area contributed by atoms with Gasteiger partial charge in [-0.3, -0.25) is 0 Å². The zero-order valence-electron chi connectivity index (χ0n) is 10.0. The fourth-order valence-corrected chi connectivity index (χ4v) is 1.98. The van der Waals surface area contributed by atoms with Crippen LogP contribution in [0.15, 0.2) is 24.8 Å². The minimum Gasteiger partial charge on any atom is -0.388 e. The number of anilines is 1. The van der Waals surface area contributed by atoms with Crippen molar-refractivity contribution in [1.82, 2.24) is 0 Å². The molecular formula is C14H21N. The van der Waals surface area contributed by atoms with E-state index in [1.165, 1.54) is 29.7 Å². The van der Waals surface area contributed by atoms with Crippen LogP contribution in [-0.4, -0.2) is 7.05 Å². The summed E-state index contributed by atoms with van der Waals surface area (Å²) in [5.41, 5.74) is 3.77. The largest absolute Gasteiger partial charge is 0.388 e. The summed E-state index contributed by atoms with van der Waals surface area (Å²) in [6.07, 6.45) is 4.29. The molecule has 0 heterocycles. The third-order valence-corrected chi connectivity index (χ3v) is 3.02. The standard InChI is InChI=1S/C14H21N/c1-5-11(6-2)13-9-8-12(7-3)14(10-13)15-4/h7-11,15H,3,5-6H2,1-2,4H3. The summed E-state index contributed by atoms with van der Waals surface area (Å²) in [6.45, 7) is 8.30. The minimum absolute atomic E-state index is 0.677. The molecule has 1 rings (SSSR count). The Hall–Kier alpha value is -1.24. The number of rotatable bonds is 5. The van der Waals surface area contributed by atoms with Gasteiger partial charge in [0, 0.05) is 12.7 Å². The molecule has 1 nitrogen and oxygen atoms in total. The quantitative estimate of drug-likeness (QED) is 0.753. The molecule has 1 aromatic carbocycles. The van der Waals surface area contributed by atoms with Gasteiger partial charge < -0.3 is 5.32 Å². The van der Waals surface area contributed by atoms with Crippen molar-refractivity contribution in [2.45, 2.75) is 32.6 Å². The maximum atomic E-state index is 3.81. The molecule has 1 heteroatoms. The first-order valence-corrected chi connectivity index (χ1v) is 5.70. The van der Waals surface area contributed by atoms with E-state index in [0.29, 0.717) is 5.92 Å². The van der Waals surface area contributed by atoms with E-state index in [9.17, 15) is 0 Å². The second-order valence-electron chi connectivity index (χ2n) is 3.81. The minimum atomic E-state index is 0.677. The van der Waals surface area contributed by atoms with Crippen LogP contribution in [0.1, 0.15) is 43.7 Å². The molecule has 0 unspecified atom stereocenters. The summed E-state index contributed by atoms with van der Waals surface area (Å²) < 4.78 is 0. The second kappa shape index (κ2) is 5.59. The molecule has 1 aromatic rings. The molecule has 0 saturated carbocycles. The van der Waals surface area contributed by atoms with Crippen molar-refractivity contribution >= 4 is 11.8 Å². The fourth-order valence-electron chi connectivity index (χ4n) is 1.98. The molecule has 0 radical (unpaired) electrons. The van der Waals surface area contributed by atoms with Crippen LogP contribution in [0.3, 0.4) is 0 Å². The zero-order valence-corrected chi connectivity index (χ0v) is 10.0. The van der Waals surface area contributed by atoms with E-state index in [0.717, 1.165) is 0 Å². The lowest BCUT2D eigenvalue weighted by Gasteiger charge is -2.15. The van der Waals surface area contributed by atoms with Crippen LogP contribution in [0.25, 0.3) is 6.08 Å². The Kier molecular flexibility index (Phi) is 4.41. The topological polar surface area (TPSA) is 12.0 Å². The van der Waals surface area contributed by atoms with E-state index in [1.54, 1.807) is 0 Å². The van der Waals surface area contributed by atoms with E-state index >= 15 is 0 Å². The Morgan fingerprint density at radius 3 is 2.47 bits per heavy atom. The number of nitrogens with one attached hydrogen (secondary N) is 1. The van der Waals surface area contributed by atoms with Crippen LogP contribution in [0.2, 0.25) is 0 Å². The van der Waals surface area contributed by atoms with Crippen LogP contribution >= 0.6 is 0 Å². The average Bonchev–Trinajstić information content (AvgIpc) is 2.30. The highest BCUT2D eigenvalue weighted by Crippen LogP contribution is 2.27. The predicted molar refractivity (Wildman–Crippen MR) is 69.4 cm³/mol. The van der Waals surface area contributed by atoms with Crippen LogP contribution in [-0.2, 0) is 0 Å². The van der Waals surface area contributed by atoms with Gasteiger partial charge in [0.2, 0.25) is 0 Å². The van der Waals surface area contributed by atoms with Gasteiger partial charge in [-0.25, -0.2) is 0 Å². The van der Waals surface area contributed by atoms with Crippen LogP contribution in [0.4, 0.5) is 5.69 Å². The number of benzene rings is 1. The summed E-state index contributed by atoms with van der Waals surface area (Å²) in [4.78, 5) is 0. The van der Waals surface area contributed by atoms with Gasteiger partial charge in [0.15, 0.2) is 0 Å². The van der Waals surface area contributed by atoms with Crippen molar-refractivity contribution in [2.75, 3.05) is 12.4 Å². The Labute approximate surface area is 93.2 Å². The van der Waals surface area contributed by atoms with Crippen molar-refractivity contribution in [3.63, 3.8) is 0 Å². The Morgan fingerprint density at radius 2 is 2.00 bits per heavy atom. The molecule has 0 aliphatic rings. The molecule has 0 bridgehead atoms. The van der Waals surface area contributed by atoms with E-state index in [4.69, 9.17) is 0 Å². The molecule has 0 atom stereocenters. The monoisotopic (exact) mass is 203 g/mol. The highest BCUT2D eigenvalue weighted by Gasteiger charge is 2.08. The molecular weight excluding hydrogens is 182 g/mol. The molecule has 0 aliphatic carbocycles. The average molecular weight is 203 g/mol. The van der Waals surface area contributed by atoms with Crippen molar-refractivity contribution in [3.8, 4) is 0 Å². The summed E-state index contributed by atoms with van der Waals surface area (Å²) in [5, 5.41) is 3.22. The zero-order chi connectivity index (χ0) is 11.3. The Bertz CT molecular complexity index is 324. The van der Waals surface area contributed by atoms with Crippen LogP contribution < -0.4 is 5.32 Å². The smallest absolute Gasteiger partial charge is 0.0413 e. The van der Waals surface area contributed by atoms with Crippen molar-refractivity contribution in [1.29, 1.82) is 0 Å². The number of hydrogen-bond acceptors (Lipinski definition) is 1. The maximum absolute atomic E-state index is 3.81. The third kappa shape index (κ3) is 2.62. The molecule has 0 fully saturated rings. The summed E-state index contributed by atoms with van der Waals surface area (Å²) in [7, 11) is 1.96. The Morgan fingerprint density at radius 1 is 1.33 bits per heavy atom. The van der Waals surface area contributed by atoms with Gasteiger partial charge in [-0.05, 0) is 36.0 Å². The number of hydrogen-bond donors (Lipinski definition) is 1. The van der Waals surface area contributed by atoms with Gasteiger partial charge >= 0.3 is 0 Å². The lowest BCUT2D eigenvalue weighted by atomic mass is 9.92. The lowest BCUT2D eigenvalue weighted by molar-refractivity contribution is 0.642. The maximum Gasteiger partial charge on any atom is 0.0413 e. The van der Waals surface area contributed by atoms with Gasteiger partial charge in [-0.1, -0.05) is 38.6 Å². The second-order valence-corrected chi connectivity index (χ2v) is 3.81. The molecule has 0 amide bonds. The van der Waals surface area contributed by atoms with Gasteiger partial charge in [0.25, 0.3) is 0 Å². The molecule has 0 aliphatic heterocycles. The SMILES string of the molecule is C=Cc1ccc(C(CC)CC)cc1NC. The van der Waals surface area contributed by atoms with E-state index in [1.807, 2.05) is 13.1 Å². The molecule has 0 saturated heterocycles. The first-order chi connectivity index (χ1) is 7.26. The molecule has 0 aromatic heterocycles. The molecule has 15 heavy (non-hydrogen) atoms. The highest BCUT2D eigenvalue weighted by atomic mass is 14.8.